The standard InChI is InChI=1S/C18H15FN2O3S/c1-23-14-6-8-15(9-7-14)24-10-17-21-16(11-25-17)18(22)20-13-4-2-12(19)3-5-13/h2-9,11H,10H2,1H3,(H,20,22). The maximum Gasteiger partial charge on any atom is 0.275 e. The number of thiazole rings is 1. The molecule has 0 fully saturated rings. The first kappa shape index (κ1) is 16.9. The highest BCUT2D eigenvalue weighted by molar-refractivity contribution is 7.09. The van der Waals surface area contributed by atoms with E-state index in [1.807, 2.05) is 0 Å². The molecule has 5 nitrogen and oxygen atoms in total. The van der Waals surface area contributed by atoms with Crippen LogP contribution in [-0.4, -0.2) is 18.0 Å². The summed E-state index contributed by atoms with van der Waals surface area (Å²) in [6, 6.07) is 12.8. The van der Waals surface area contributed by atoms with Crippen molar-refractivity contribution >= 4 is 22.9 Å². The molecule has 7 heteroatoms. The van der Waals surface area contributed by atoms with Crippen molar-refractivity contribution in [2.75, 3.05) is 12.4 Å². The van der Waals surface area contributed by atoms with E-state index in [0.29, 0.717) is 22.1 Å². The zero-order valence-electron chi connectivity index (χ0n) is 13.4. The van der Waals surface area contributed by atoms with Gasteiger partial charge in [0.25, 0.3) is 5.91 Å². The number of hydrogen-bond acceptors (Lipinski definition) is 5. The van der Waals surface area contributed by atoms with Crippen molar-refractivity contribution in [3.8, 4) is 11.5 Å². The number of carbonyl (C=O) groups excluding carboxylic acids is 1. The van der Waals surface area contributed by atoms with Gasteiger partial charge in [-0.25, -0.2) is 9.37 Å². The van der Waals surface area contributed by atoms with Crippen LogP contribution >= 0.6 is 11.3 Å². The summed E-state index contributed by atoms with van der Waals surface area (Å²) in [7, 11) is 1.60. The zero-order chi connectivity index (χ0) is 17.6. The quantitative estimate of drug-likeness (QED) is 0.720. The van der Waals surface area contributed by atoms with Gasteiger partial charge in [0.05, 0.1) is 7.11 Å². The monoisotopic (exact) mass is 358 g/mol. The summed E-state index contributed by atoms with van der Waals surface area (Å²) in [5.41, 5.74) is 0.804. The Balaban J connectivity index is 1.57. The van der Waals surface area contributed by atoms with Crippen LogP contribution < -0.4 is 14.8 Å². The van der Waals surface area contributed by atoms with Gasteiger partial charge in [0.15, 0.2) is 0 Å². The van der Waals surface area contributed by atoms with E-state index >= 15 is 0 Å². The molecule has 0 saturated heterocycles. The first-order chi connectivity index (χ1) is 12.1. The number of aromatic nitrogens is 1. The molecule has 0 radical (unpaired) electrons. The van der Waals surface area contributed by atoms with Crippen LogP contribution in [0.15, 0.2) is 53.9 Å². The second-order valence-electron chi connectivity index (χ2n) is 5.05. The summed E-state index contributed by atoms with van der Waals surface area (Å²) in [4.78, 5) is 16.4. The minimum absolute atomic E-state index is 0.265. The first-order valence-corrected chi connectivity index (χ1v) is 8.30. The van der Waals surface area contributed by atoms with Gasteiger partial charge in [-0.3, -0.25) is 4.79 Å². The fourth-order valence-corrected chi connectivity index (χ4v) is 2.71. The maximum absolute atomic E-state index is 12.9. The van der Waals surface area contributed by atoms with Crippen molar-refractivity contribution < 1.29 is 18.7 Å². The highest BCUT2D eigenvalue weighted by atomic mass is 32.1. The van der Waals surface area contributed by atoms with Crippen LogP contribution in [0.4, 0.5) is 10.1 Å². The molecule has 0 unspecified atom stereocenters. The number of rotatable bonds is 6. The minimum Gasteiger partial charge on any atom is -0.497 e. The molecule has 0 saturated carbocycles. The second kappa shape index (κ2) is 7.76. The Kier molecular flexibility index (Phi) is 5.25. The average Bonchev–Trinajstić information content (AvgIpc) is 3.11. The lowest BCUT2D eigenvalue weighted by molar-refractivity contribution is 0.102. The summed E-state index contributed by atoms with van der Waals surface area (Å²) in [5.74, 6) is 0.734. The molecule has 1 N–H and O–H groups in total. The van der Waals surface area contributed by atoms with E-state index in [-0.39, 0.29) is 18.3 Å². The van der Waals surface area contributed by atoms with Gasteiger partial charge in [0.1, 0.15) is 34.6 Å². The molecule has 3 aromatic rings. The molecule has 0 aliphatic carbocycles. The Morgan fingerprint density at radius 3 is 2.48 bits per heavy atom. The van der Waals surface area contributed by atoms with Gasteiger partial charge in [0.2, 0.25) is 0 Å². The van der Waals surface area contributed by atoms with Gasteiger partial charge in [-0.1, -0.05) is 0 Å². The van der Waals surface area contributed by atoms with Gasteiger partial charge < -0.3 is 14.8 Å². The van der Waals surface area contributed by atoms with E-state index in [1.54, 1.807) is 36.8 Å². The molecule has 0 aliphatic rings. The molecule has 2 aromatic carbocycles. The van der Waals surface area contributed by atoms with Crippen LogP contribution in [-0.2, 0) is 6.61 Å². The Hall–Kier alpha value is -2.93. The van der Waals surface area contributed by atoms with Crippen LogP contribution in [0.2, 0.25) is 0 Å². The number of nitrogens with one attached hydrogen (secondary N) is 1. The lowest BCUT2D eigenvalue weighted by Crippen LogP contribution is -2.12. The van der Waals surface area contributed by atoms with Crippen molar-refractivity contribution in [3.05, 3.63) is 70.4 Å². The summed E-state index contributed by atoms with van der Waals surface area (Å²) < 4.78 is 23.6. The third kappa shape index (κ3) is 4.54. The molecule has 0 aliphatic heterocycles. The Morgan fingerprint density at radius 2 is 1.80 bits per heavy atom. The summed E-state index contributed by atoms with van der Waals surface area (Å²) in [6.45, 7) is 0.265. The van der Waals surface area contributed by atoms with E-state index in [1.165, 1.54) is 35.6 Å². The lowest BCUT2D eigenvalue weighted by Gasteiger charge is -2.05. The number of hydrogen-bond donors (Lipinski definition) is 1. The van der Waals surface area contributed by atoms with E-state index in [0.717, 1.165) is 5.75 Å². The molecule has 0 atom stereocenters. The predicted octanol–water partition coefficient (Wildman–Crippen LogP) is 4.12. The van der Waals surface area contributed by atoms with Crippen LogP contribution in [0.3, 0.4) is 0 Å². The second-order valence-corrected chi connectivity index (χ2v) is 5.99. The van der Waals surface area contributed by atoms with E-state index in [9.17, 15) is 9.18 Å². The Labute approximate surface area is 148 Å². The van der Waals surface area contributed by atoms with Crippen LogP contribution in [0, 0.1) is 5.82 Å². The van der Waals surface area contributed by atoms with Crippen LogP contribution in [0.25, 0.3) is 0 Å². The number of ether oxygens (including phenoxy) is 2. The van der Waals surface area contributed by atoms with Gasteiger partial charge in [-0.15, -0.1) is 11.3 Å². The molecular formula is C18H15FN2O3S. The topological polar surface area (TPSA) is 60.5 Å². The Morgan fingerprint density at radius 1 is 1.12 bits per heavy atom. The van der Waals surface area contributed by atoms with E-state index < -0.39 is 0 Å². The zero-order valence-corrected chi connectivity index (χ0v) is 14.2. The van der Waals surface area contributed by atoms with Crippen molar-refractivity contribution in [1.82, 2.24) is 4.98 Å². The predicted molar refractivity (Wildman–Crippen MR) is 93.8 cm³/mol. The maximum atomic E-state index is 12.9. The van der Waals surface area contributed by atoms with Gasteiger partial charge >= 0.3 is 0 Å². The number of amides is 1. The van der Waals surface area contributed by atoms with E-state index in [4.69, 9.17) is 9.47 Å². The summed E-state index contributed by atoms with van der Waals surface area (Å²) >= 11 is 1.34. The molecule has 3 rings (SSSR count). The fraction of sp³-hybridized carbons (Fsp3) is 0.111. The Bertz CT molecular complexity index is 848. The molecule has 0 spiro atoms. The largest absolute Gasteiger partial charge is 0.497 e. The molecule has 1 heterocycles. The third-order valence-corrected chi connectivity index (χ3v) is 4.13. The van der Waals surface area contributed by atoms with Crippen molar-refractivity contribution in [2.45, 2.75) is 6.61 Å². The number of halogens is 1. The molecule has 1 amide bonds. The summed E-state index contributed by atoms with van der Waals surface area (Å²) in [6.07, 6.45) is 0. The van der Waals surface area contributed by atoms with Crippen molar-refractivity contribution in [2.24, 2.45) is 0 Å². The van der Waals surface area contributed by atoms with Crippen LogP contribution in [0.1, 0.15) is 15.5 Å². The number of carbonyl (C=O) groups is 1. The van der Waals surface area contributed by atoms with E-state index in [2.05, 4.69) is 10.3 Å². The number of nitrogens with zero attached hydrogens (tertiary/aromatic N) is 1. The number of anilines is 1. The number of benzene rings is 2. The SMILES string of the molecule is COc1ccc(OCc2nc(C(=O)Nc3ccc(F)cc3)cs2)cc1. The highest BCUT2D eigenvalue weighted by Crippen LogP contribution is 2.19. The number of methoxy groups -OCH3 is 1. The van der Waals surface area contributed by atoms with Crippen molar-refractivity contribution in [3.63, 3.8) is 0 Å². The highest BCUT2D eigenvalue weighted by Gasteiger charge is 2.11. The van der Waals surface area contributed by atoms with Gasteiger partial charge in [0, 0.05) is 11.1 Å². The fourth-order valence-electron chi connectivity index (χ4n) is 2.03. The van der Waals surface area contributed by atoms with Gasteiger partial charge in [-0.05, 0) is 48.5 Å². The van der Waals surface area contributed by atoms with Crippen LogP contribution in [0.5, 0.6) is 11.5 Å². The third-order valence-electron chi connectivity index (χ3n) is 3.31. The molecular weight excluding hydrogens is 343 g/mol. The van der Waals surface area contributed by atoms with Gasteiger partial charge in [-0.2, -0.15) is 0 Å². The van der Waals surface area contributed by atoms with Crippen molar-refractivity contribution in [1.29, 1.82) is 0 Å². The molecule has 1 aromatic heterocycles. The average molecular weight is 358 g/mol. The molecule has 128 valence electrons. The molecule has 0 bridgehead atoms. The minimum atomic E-state index is -0.357. The molecule has 25 heavy (non-hydrogen) atoms. The smallest absolute Gasteiger partial charge is 0.275 e. The lowest BCUT2D eigenvalue weighted by atomic mass is 10.3. The first-order valence-electron chi connectivity index (χ1n) is 7.42. The normalized spacial score (nSPS) is 10.3. The summed E-state index contributed by atoms with van der Waals surface area (Å²) in [5, 5.41) is 5.01.